The summed E-state index contributed by atoms with van der Waals surface area (Å²) in [6.45, 7) is 0. The molecule has 3 aromatic rings. The zero-order valence-electron chi connectivity index (χ0n) is 12.5. The number of furan rings is 1. The predicted molar refractivity (Wildman–Crippen MR) is 86.3 cm³/mol. The Morgan fingerprint density at radius 3 is 2.48 bits per heavy atom. The van der Waals surface area contributed by atoms with E-state index in [4.69, 9.17) is 16.0 Å². The molecule has 8 heteroatoms. The van der Waals surface area contributed by atoms with E-state index in [2.05, 4.69) is 10.3 Å². The first-order chi connectivity index (χ1) is 11.8. The number of carbonyl (C=O) groups excluding carboxylic acids is 1. The molecule has 0 bridgehead atoms. The lowest BCUT2D eigenvalue weighted by atomic mass is 10.1. The highest BCUT2D eigenvalue weighted by molar-refractivity contribution is 6.33. The Labute approximate surface area is 145 Å². The van der Waals surface area contributed by atoms with E-state index < -0.39 is 17.6 Å². The molecular formula is C17H10ClF3N2O2. The first-order valence-electron chi connectivity index (χ1n) is 7.03. The summed E-state index contributed by atoms with van der Waals surface area (Å²) in [5, 5.41) is 2.67. The Hall–Kier alpha value is -2.80. The van der Waals surface area contributed by atoms with Crippen molar-refractivity contribution >= 4 is 23.2 Å². The largest absolute Gasteiger partial charge is 0.451 e. The molecule has 0 spiro atoms. The van der Waals surface area contributed by atoms with Gasteiger partial charge in [-0.3, -0.25) is 9.78 Å². The Bertz CT molecular complexity index is 908. The number of hydrogen-bond donors (Lipinski definition) is 1. The van der Waals surface area contributed by atoms with Crippen molar-refractivity contribution in [2.75, 3.05) is 5.32 Å². The Kier molecular flexibility index (Phi) is 4.50. The molecule has 0 aliphatic carbocycles. The van der Waals surface area contributed by atoms with Gasteiger partial charge in [-0.1, -0.05) is 11.6 Å². The normalized spacial score (nSPS) is 11.4. The van der Waals surface area contributed by atoms with E-state index in [0.29, 0.717) is 5.69 Å². The molecule has 1 N–H and O–H groups in total. The molecule has 2 heterocycles. The van der Waals surface area contributed by atoms with Crippen LogP contribution < -0.4 is 5.32 Å². The van der Waals surface area contributed by atoms with Crippen LogP contribution in [0.4, 0.5) is 18.9 Å². The highest BCUT2D eigenvalue weighted by Crippen LogP contribution is 2.36. The van der Waals surface area contributed by atoms with Gasteiger partial charge in [0, 0.05) is 23.6 Å². The number of nitrogens with one attached hydrogen (secondary N) is 1. The fourth-order valence-electron chi connectivity index (χ4n) is 2.12. The summed E-state index contributed by atoms with van der Waals surface area (Å²) in [6.07, 6.45) is -1.50. The maximum atomic E-state index is 12.8. The minimum Gasteiger partial charge on any atom is -0.451 e. The molecule has 1 amide bonds. The lowest BCUT2D eigenvalue weighted by molar-refractivity contribution is -0.137. The number of carbonyl (C=O) groups is 1. The molecule has 0 saturated carbocycles. The molecule has 4 nitrogen and oxygen atoms in total. The van der Waals surface area contributed by atoms with E-state index in [1.165, 1.54) is 24.5 Å². The fraction of sp³-hybridized carbons (Fsp3) is 0.0588. The van der Waals surface area contributed by atoms with Crippen LogP contribution in [0.5, 0.6) is 0 Å². The van der Waals surface area contributed by atoms with Crippen LogP contribution in [0, 0.1) is 0 Å². The molecule has 0 unspecified atom stereocenters. The summed E-state index contributed by atoms with van der Waals surface area (Å²) in [5.41, 5.74) is -0.291. The Morgan fingerprint density at radius 2 is 1.80 bits per heavy atom. The van der Waals surface area contributed by atoms with E-state index >= 15 is 0 Å². The van der Waals surface area contributed by atoms with Crippen molar-refractivity contribution in [3.05, 3.63) is 71.2 Å². The smallest absolute Gasteiger partial charge is 0.416 e. The van der Waals surface area contributed by atoms with Gasteiger partial charge in [-0.05, 0) is 42.5 Å². The maximum Gasteiger partial charge on any atom is 0.416 e. The SMILES string of the molecule is O=C(Nc1ccncc1)c1ccc(-c2cc(C(F)(F)F)ccc2Cl)o1. The van der Waals surface area contributed by atoms with E-state index in [-0.39, 0.29) is 22.1 Å². The molecule has 25 heavy (non-hydrogen) atoms. The minimum absolute atomic E-state index is 0.0550. The lowest BCUT2D eigenvalue weighted by Gasteiger charge is -2.09. The first kappa shape index (κ1) is 17.0. The van der Waals surface area contributed by atoms with Crippen molar-refractivity contribution in [3.8, 4) is 11.3 Å². The molecule has 2 aromatic heterocycles. The summed E-state index contributed by atoms with van der Waals surface area (Å²) in [7, 11) is 0. The van der Waals surface area contributed by atoms with Crippen LogP contribution in [0.25, 0.3) is 11.3 Å². The average Bonchev–Trinajstić information content (AvgIpc) is 3.05. The van der Waals surface area contributed by atoms with Crippen LogP contribution in [0.15, 0.2) is 59.3 Å². The summed E-state index contributed by atoms with van der Waals surface area (Å²) in [5.74, 6) is -0.531. The van der Waals surface area contributed by atoms with Gasteiger partial charge in [0.2, 0.25) is 0 Å². The molecule has 0 saturated heterocycles. The third-order valence-electron chi connectivity index (χ3n) is 3.33. The number of hydrogen-bond acceptors (Lipinski definition) is 3. The third-order valence-corrected chi connectivity index (χ3v) is 3.66. The van der Waals surface area contributed by atoms with Gasteiger partial charge in [0.15, 0.2) is 5.76 Å². The number of anilines is 1. The highest BCUT2D eigenvalue weighted by atomic mass is 35.5. The number of alkyl halides is 3. The molecule has 1 aromatic carbocycles. The zero-order chi connectivity index (χ0) is 18.0. The predicted octanol–water partition coefficient (Wildman–Crippen LogP) is 5.27. The van der Waals surface area contributed by atoms with Gasteiger partial charge >= 0.3 is 6.18 Å². The van der Waals surface area contributed by atoms with Crippen LogP contribution in [0.2, 0.25) is 5.02 Å². The van der Waals surface area contributed by atoms with E-state index in [1.54, 1.807) is 12.1 Å². The molecule has 0 atom stereocenters. The van der Waals surface area contributed by atoms with Crippen molar-refractivity contribution in [3.63, 3.8) is 0 Å². The van der Waals surface area contributed by atoms with Crippen molar-refractivity contribution < 1.29 is 22.4 Å². The molecule has 0 fully saturated rings. The highest BCUT2D eigenvalue weighted by Gasteiger charge is 2.31. The monoisotopic (exact) mass is 366 g/mol. The summed E-state index contributed by atoms with van der Waals surface area (Å²) in [4.78, 5) is 16.0. The summed E-state index contributed by atoms with van der Waals surface area (Å²) < 4.78 is 43.9. The van der Waals surface area contributed by atoms with Crippen LogP contribution in [-0.4, -0.2) is 10.9 Å². The Morgan fingerprint density at radius 1 is 1.08 bits per heavy atom. The summed E-state index contributed by atoms with van der Waals surface area (Å²) in [6, 6.07) is 8.83. The van der Waals surface area contributed by atoms with Gasteiger partial charge in [0.1, 0.15) is 5.76 Å². The van der Waals surface area contributed by atoms with Crippen molar-refractivity contribution in [2.45, 2.75) is 6.18 Å². The summed E-state index contributed by atoms with van der Waals surface area (Å²) >= 11 is 5.96. The van der Waals surface area contributed by atoms with Crippen molar-refractivity contribution in [1.29, 1.82) is 0 Å². The van der Waals surface area contributed by atoms with Gasteiger partial charge in [0.25, 0.3) is 5.91 Å². The average molecular weight is 367 g/mol. The van der Waals surface area contributed by atoms with Gasteiger partial charge in [-0.15, -0.1) is 0 Å². The van der Waals surface area contributed by atoms with Crippen LogP contribution >= 0.6 is 11.6 Å². The van der Waals surface area contributed by atoms with Gasteiger partial charge in [0.05, 0.1) is 10.6 Å². The lowest BCUT2D eigenvalue weighted by Crippen LogP contribution is -2.10. The van der Waals surface area contributed by atoms with Crippen LogP contribution in [-0.2, 0) is 6.18 Å². The first-order valence-corrected chi connectivity index (χ1v) is 7.41. The molecule has 128 valence electrons. The van der Waals surface area contributed by atoms with E-state index in [9.17, 15) is 18.0 Å². The number of aromatic nitrogens is 1. The zero-order valence-corrected chi connectivity index (χ0v) is 13.2. The van der Waals surface area contributed by atoms with Gasteiger partial charge in [-0.25, -0.2) is 0 Å². The number of halogens is 4. The third kappa shape index (κ3) is 3.83. The number of pyridine rings is 1. The standard InChI is InChI=1S/C17H10ClF3N2O2/c18-13-2-1-10(17(19,20)21)9-12(13)14-3-4-15(25-14)16(24)23-11-5-7-22-8-6-11/h1-9H,(H,22,23,24). The fourth-order valence-corrected chi connectivity index (χ4v) is 2.33. The Balaban J connectivity index is 1.88. The second-order valence-electron chi connectivity index (χ2n) is 5.05. The van der Waals surface area contributed by atoms with E-state index in [0.717, 1.165) is 18.2 Å². The van der Waals surface area contributed by atoms with Crippen molar-refractivity contribution in [1.82, 2.24) is 4.98 Å². The molecule has 0 aliphatic rings. The second-order valence-corrected chi connectivity index (χ2v) is 5.45. The van der Waals surface area contributed by atoms with Gasteiger partial charge < -0.3 is 9.73 Å². The van der Waals surface area contributed by atoms with Crippen LogP contribution in [0.1, 0.15) is 16.1 Å². The molecule has 0 aliphatic heterocycles. The second kappa shape index (κ2) is 6.60. The quantitative estimate of drug-likeness (QED) is 0.687. The van der Waals surface area contributed by atoms with E-state index in [1.807, 2.05) is 0 Å². The van der Waals surface area contributed by atoms with Crippen molar-refractivity contribution in [2.24, 2.45) is 0 Å². The molecule has 0 radical (unpaired) electrons. The topological polar surface area (TPSA) is 55.1 Å². The maximum absolute atomic E-state index is 12.8. The van der Waals surface area contributed by atoms with Crippen LogP contribution in [0.3, 0.4) is 0 Å². The minimum atomic E-state index is -4.51. The number of nitrogens with zero attached hydrogens (tertiary/aromatic N) is 1. The number of rotatable bonds is 3. The molecule has 3 rings (SSSR count). The number of amides is 1. The molecular weight excluding hydrogens is 357 g/mol. The number of benzene rings is 1. The van der Waals surface area contributed by atoms with Gasteiger partial charge in [-0.2, -0.15) is 13.2 Å².